The van der Waals surface area contributed by atoms with Crippen molar-refractivity contribution in [1.29, 1.82) is 0 Å². The Kier molecular flexibility index (Phi) is 6.20. The minimum atomic E-state index is -0.144. The van der Waals surface area contributed by atoms with Gasteiger partial charge in [0.25, 0.3) is 5.56 Å². The Morgan fingerprint density at radius 2 is 1.93 bits per heavy atom. The van der Waals surface area contributed by atoms with E-state index in [-0.39, 0.29) is 36.3 Å². The van der Waals surface area contributed by atoms with Crippen LogP contribution in [0.2, 0.25) is 0 Å². The Morgan fingerprint density at radius 3 is 2.64 bits per heavy atom. The zero-order chi connectivity index (χ0) is 20.1. The highest BCUT2D eigenvalue weighted by Crippen LogP contribution is 2.13. The summed E-state index contributed by atoms with van der Waals surface area (Å²) in [6, 6.07) is 9.08. The summed E-state index contributed by atoms with van der Waals surface area (Å²) in [6.45, 7) is 4.33. The Hall–Kier alpha value is -3.00. The molecule has 0 atom stereocenters. The highest BCUT2D eigenvalue weighted by atomic mass is 32.1. The first-order valence-electron chi connectivity index (χ1n) is 9.03. The summed E-state index contributed by atoms with van der Waals surface area (Å²) in [6.07, 6.45) is 1.68. The zero-order valence-corrected chi connectivity index (χ0v) is 16.6. The van der Waals surface area contributed by atoms with Gasteiger partial charge in [0.1, 0.15) is 4.83 Å². The fraction of sp³-hybridized carbons (Fsp3) is 0.300. The van der Waals surface area contributed by atoms with Crippen molar-refractivity contribution in [3.05, 3.63) is 58.0 Å². The second-order valence-electron chi connectivity index (χ2n) is 6.75. The molecule has 0 saturated carbocycles. The Balaban J connectivity index is 1.49. The van der Waals surface area contributed by atoms with Gasteiger partial charge in [0.2, 0.25) is 11.8 Å². The molecule has 3 aromatic rings. The lowest BCUT2D eigenvalue weighted by atomic mass is 10.1. The third-order valence-electron chi connectivity index (χ3n) is 4.27. The number of nitrogens with one attached hydrogen (secondary N) is 2. The second-order valence-corrected chi connectivity index (χ2v) is 7.64. The molecule has 0 bridgehead atoms. The van der Waals surface area contributed by atoms with Gasteiger partial charge in [-0.2, -0.15) is 0 Å². The predicted octanol–water partition coefficient (Wildman–Crippen LogP) is 2.76. The number of nitrogens with zero attached hydrogens (tertiary/aromatic N) is 2. The summed E-state index contributed by atoms with van der Waals surface area (Å²) in [5.74, 6) is -0.261. The molecule has 3 rings (SSSR count). The van der Waals surface area contributed by atoms with E-state index in [1.807, 2.05) is 43.5 Å². The van der Waals surface area contributed by atoms with Crippen LogP contribution in [0.1, 0.15) is 25.8 Å². The molecule has 2 N–H and O–H groups in total. The van der Waals surface area contributed by atoms with Crippen molar-refractivity contribution in [2.75, 3.05) is 5.32 Å². The number of fused-ring (bicyclic) bond motifs is 1. The number of benzene rings is 1. The normalized spacial score (nSPS) is 11.0. The van der Waals surface area contributed by atoms with E-state index < -0.39 is 0 Å². The summed E-state index contributed by atoms with van der Waals surface area (Å²) in [7, 11) is 0. The number of carbonyl (C=O) groups excluding carboxylic acids is 2. The van der Waals surface area contributed by atoms with Crippen LogP contribution in [0.15, 0.2) is 46.8 Å². The molecular formula is C20H22N4O3S. The number of carbonyl (C=O) groups is 2. The number of amides is 2. The Labute approximate surface area is 166 Å². The number of thiophene rings is 1. The highest BCUT2D eigenvalue weighted by molar-refractivity contribution is 7.16. The first-order valence-corrected chi connectivity index (χ1v) is 9.91. The van der Waals surface area contributed by atoms with E-state index in [0.717, 1.165) is 11.3 Å². The lowest BCUT2D eigenvalue weighted by Crippen LogP contribution is -2.27. The number of aromatic nitrogens is 2. The van der Waals surface area contributed by atoms with Crippen LogP contribution in [0.25, 0.3) is 10.2 Å². The van der Waals surface area contributed by atoms with Crippen molar-refractivity contribution in [3.63, 3.8) is 0 Å². The molecule has 0 aliphatic rings. The molecule has 8 heteroatoms. The van der Waals surface area contributed by atoms with Gasteiger partial charge in [0.15, 0.2) is 0 Å². The van der Waals surface area contributed by atoms with E-state index in [1.54, 1.807) is 6.07 Å². The molecule has 0 unspecified atom stereocenters. The van der Waals surface area contributed by atoms with Gasteiger partial charge in [-0.1, -0.05) is 26.0 Å². The predicted molar refractivity (Wildman–Crippen MR) is 110 cm³/mol. The van der Waals surface area contributed by atoms with E-state index in [1.165, 1.54) is 22.2 Å². The van der Waals surface area contributed by atoms with Crippen molar-refractivity contribution in [2.24, 2.45) is 5.92 Å². The third kappa shape index (κ3) is 4.83. The topological polar surface area (TPSA) is 93.1 Å². The van der Waals surface area contributed by atoms with Crippen molar-refractivity contribution < 1.29 is 9.59 Å². The number of rotatable bonds is 7. The van der Waals surface area contributed by atoms with Crippen LogP contribution < -0.4 is 16.2 Å². The molecule has 1 aromatic carbocycles. The minimum Gasteiger partial charge on any atom is -0.352 e. The lowest BCUT2D eigenvalue weighted by molar-refractivity contribution is -0.121. The molecule has 28 heavy (non-hydrogen) atoms. The quantitative estimate of drug-likeness (QED) is 0.640. The summed E-state index contributed by atoms with van der Waals surface area (Å²) < 4.78 is 1.46. The molecule has 0 saturated heterocycles. The average molecular weight is 398 g/mol. The van der Waals surface area contributed by atoms with Gasteiger partial charge in [-0.05, 0) is 29.1 Å². The highest BCUT2D eigenvalue weighted by Gasteiger charge is 2.08. The fourth-order valence-corrected chi connectivity index (χ4v) is 3.28. The van der Waals surface area contributed by atoms with Crippen LogP contribution in [-0.4, -0.2) is 21.4 Å². The van der Waals surface area contributed by atoms with E-state index >= 15 is 0 Å². The monoisotopic (exact) mass is 398 g/mol. The molecule has 0 spiro atoms. The molecule has 7 nitrogen and oxygen atoms in total. The molecule has 2 heterocycles. The van der Waals surface area contributed by atoms with Gasteiger partial charge < -0.3 is 10.6 Å². The molecular weight excluding hydrogens is 376 g/mol. The number of hydrogen-bond donors (Lipinski definition) is 2. The minimum absolute atomic E-state index is 0.0357. The van der Waals surface area contributed by atoms with Crippen LogP contribution in [0.3, 0.4) is 0 Å². The number of hydrogen-bond acceptors (Lipinski definition) is 5. The van der Waals surface area contributed by atoms with Crippen molar-refractivity contribution in [3.8, 4) is 0 Å². The zero-order valence-electron chi connectivity index (χ0n) is 15.8. The van der Waals surface area contributed by atoms with Crippen LogP contribution in [0, 0.1) is 5.92 Å². The van der Waals surface area contributed by atoms with Crippen LogP contribution >= 0.6 is 11.3 Å². The standard InChI is InChI=1S/C20H22N4O3S/c1-13(2)18(26)23-15-5-3-14(4-6-15)11-21-17(25)7-9-24-12-22-19-16(20(24)27)8-10-28-19/h3-6,8,10,12-13H,7,9,11H2,1-2H3,(H,21,25)(H,23,26). The summed E-state index contributed by atoms with van der Waals surface area (Å²) >= 11 is 1.42. The maximum atomic E-state index is 12.3. The van der Waals surface area contributed by atoms with Crippen LogP contribution in [-0.2, 0) is 22.7 Å². The van der Waals surface area contributed by atoms with Crippen molar-refractivity contribution >= 4 is 39.1 Å². The molecule has 2 amide bonds. The largest absolute Gasteiger partial charge is 0.352 e. The lowest BCUT2D eigenvalue weighted by Gasteiger charge is -2.09. The average Bonchev–Trinajstić information content (AvgIpc) is 3.16. The van der Waals surface area contributed by atoms with E-state index in [4.69, 9.17) is 0 Å². The molecule has 0 fully saturated rings. The van der Waals surface area contributed by atoms with Crippen molar-refractivity contribution in [1.82, 2.24) is 14.9 Å². The molecule has 146 valence electrons. The summed E-state index contributed by atoms with van der Waals surface area (Å²) in [5, 5.41) is 8.07. The van der Waals surface area contributed by atoms with Gasteiger partial charge in [-0.3, -0.25) is 19.0 Å². The second kappa shape index (κ2) is 8.79. The molecule has 2 aromatic heterocycles. The summed E-state index contributed by atoms with van der Waals surface area (Å²) in [5.41, 5.74) is 1.52. The van der Waals surface area contributed by atoms with E-state index in [0.29, 0.717) is 16.8 Å². The van der Waals surface area contributed by atoms with Crippen molar-refractivity contribution in [2.45, 2.75) is 33.4 Å². The number of aryl methyl sites for hydroxylation is 1. The maximum absolute atomic E-state index is 12.3. The van der Waals surface area contributed by atoms with Gasteiger partial charge in [0.05, 0.1) is 11.7 Å². The number of anilines is 1. The van der Waals surface area contributed by atoms with Gasteiger partial charge in [-0.25, -0.2) is 4.98 Å². The fourth-order valence-electron chi connectivity index (χ4n) is 2.56. The third-order valence-corrected chi connectivity index (χ3v) is 5.09. The Bertz CT molecular complexity index is 1040. The Morgan fingerprint density at radius 1 is 1.18 bits per heavy atom. The molecule has 0 aliphatic carbocycles. The van der Waals surface area contributed by atoms with E-state index in [2.05, 4.69) is 15.6 Å². The maximum Gasteiger partial charge on any atom is 0.262 e. The molecule has 0 aliphatic heterocycles. The van der Waals surface area contributed by atoms with Gasteiger partial charge in [-0.15, -0.1) is 11.3 Å². The first kappa shape index (κ1) is 19.8. The van der Waals surface area contributed by atoms with Crippen LogP contribution in [0.5, 0.6) is 0 Å². The smallest absolute Gasteiger partial charge is 0.262 e. The van der Waals surface area contributed by atoms with E-state index in [9.17, 15) is 14.4 Å². The van der Waals surface area contributed by atoms with Gasteiger partial charge >= 0.3 is 0 Å². The first-order chi connectivity index (χ1) is 13.4. The molecule has 0 radical (unpaired) electrons. The van der Waals surface area contributed by atoms with Crippen LogP contribution in [0.4, 0.5) is 5.69 Å². The van der Waals surface area contributed by atoms with Gasteiger partial charge in [0, 0.05) is 31.1 Å². The SMILES string of the molecule is CC(C)C(=O)Nc1ccc(CNC(=O)CCn2cnc3sccc3c2=O)cc1. The summed E-state index contributed by atoms with van der Waals surface area (Å²) in [4.78, 5) is 41.0.